The number of hydrogen-bond donors (Lipinski definition) is 1. The molecule has 1 aromatic carbocycles. The Labute approximate surface area is 121 Å². The van der Waals surface area contributed by atoms with E-state index in [0.717, 1.165) is 37.7 Å². The zero-order chi connectivity index (χ0) is 15.0. The Morgan fingerprint density at radius 3 is 2.81 bits per heavy atom. The molecule has 1 N–H and O–H groups in total. The Morgan fingerprint density at radius 1 is 1.29 bits per heavy atom. The van der Waals surface area contributed by atoms with Gasteiger partial charge in [0.1, 0.15) is 0 Å². The summed E-state index contributed by atoms with van der Waals surface area (Å²) in [5.74, 6) is 0.738. The molecule has 3 nitrogen and oxygen atoms in total. The number of oxime groups is 1. The van der Waals surface area contributed by atoms with Crippen molar-refractivity contribution in [1.29, 1.82) is 0 Å². The Bertz CT molecular complexity index is 556. The summed E-state index contributed by atoms with van der Waals surface area (Å²) in [5.41, 5.74) is 0.913. The first kappa shape index (κ1) is 14.4. The molecule has 3 rings (SSSR count). The smallest absolute Gasteiger partial charge is 0.411 e. The summed E-state index contributed by atoms with van der Waals surface area (Å²) < 4.78 is 38.1. The summed E-state index contributed by atoms with van der Waals surface area (Å²) in [7, 11) is 0. The van der Waals surface area contributed by atoms with Crippen LogP contribution in [0.4, 0.5) is 13.2 Å². The minimum Gasteiger partial charge on any atom is -0.411 e. The third kappa shape index (κ3) is 2.90. The quantitative estimate of drug-likeness (QED) is 0.671. The van der Waals surface area contributed by atoms with Crippen LogP contribution < -0.4 is 0 Å². The van der Waals surface area contributed by atoms with E-state index in [1.54, 1.807) is 6.07 Å². The van der Waals surface area contributed by atoms with Crippen molar-refractivity contribution in [3.8, 4) is 0 Å². The van der Waals surface area contributed by atoms with Crippen molar-refractivity contribution in [2.24, 2.45) is 17.0 Å². The number of rotatable bonds is 2. The topological polar surface area (TPSA) is 35.8 Å². The maximum atomic E-state index is 12.7. The summed E-state index contributed by atoms with van der Waals surface area (Å²) in [4.78, 5) is 2.15. The van der Waals surface area contributed by atoms with Crippen LogP contribution in [0.5, 0.6) is 0 Å². The molecule has 1 saturated heterocycles. The lowest BCUT2D eigenvalue weighted by Gasteiger charge is -2.17. The SMILES string of the molecule is O/N=C1\CCC2CN(Cc3cccc(C(F)(F)F)c3)CC12. The van der Waals surface area contributed by atoms with Gasteiger partial charge in [-0.15, -0.1) is 0 Å². The van der Waals surface area contributed by atoms with E-state index in [-0.39, 0.29) is 5.92 Å². The number of alkyl halides is 3. The van der Waals surface area contributed by atoms with Crippen LogP contribution in [0.15, 0.2) is 29.4 Å². The van der Waals surface area contributed by atoms with Crippen LogP contribution in [-0.4, -0.2) is 28.9 Å². The number of hydrogen-bond acceptors (Lipinski definition) is 3. The lowest BCUT2D eigenvalue weighted by Crippen LogP contribution is -2.23. The Hall–Kier alpha value is -1.56. The van der Waals surface area contributed by atoms with Gasteiger partial charge in [-0.05, 0) is 30.4 Å². The van der Waals surface area contributed by atoms with Gasteiger partial charge >= 0.3 is 6.18 Å². The van der Waals surface area contributed by atoms with E-state index in [1.807, 2.05) is 0 Å². The first-order valence-electron chi connectivity index (χ1n) is 7.06. The van der Waals surface area contributed by atoms with E-state index in [4.69, 9.17) is 5.21 Å². The fourth-order valence-electron chi connectivity index (χ4n) is 3.51. The lowest BCUT2D eigenvalue weighted by atomic mass is 10.00. The van der Waals surface area contributed by atoms with Crippen molar-refractivity contribution in [2.75, 3.05) is 13.1 Å². The highest BCUT2D eigenvalue weighted by Gasteiger charge is 2.40. The molecule has 2 fully saturated rings. The molecular formula is C15H17F3N2O. The van der Waals surface area contributed by atoms with Gasteiger partial charge in [-0.1, -0.05) is 23.4 Å². The maximum Gasteiger partial charge on any atom is 0.416 e. The molecule has 6 heteroatoms. The van der Waals surface area contributed by atoms with Crippen LogP contribution in [0.2, 0.25) is 0 Å². The van der Waals surface area contributed by atoms with E-state index < -0.39 is 11.7 Å². The summed E-state index contributed by atoms with van der Waals surface area (Å²) >= 11 is 0. The van der Waals surface area contributed by atoms with Crippen molar-refractivity contribution in [3.05, 3.63) is 35.4 Å². The standard InChI is InChI=1S/C15H17F3N2O/c16-15(17,18)12-3-1-2-10(6-12)7-20-8-11-4-5-14(19-21)13(11)9-20/h1-3,6,11,13,21H,4-5,7-9H2/b19-14+. The third-order valence-electron chi connectivity index (χ3n) is 4.50. The maximum absolute atomic E-state index is 12.7. The minimum atomic E-state index is -4.30. The van der Waals surface area contributed by atoms with E-state index in [2.05, 4.69) is 10.1 Å². The van der Waals surface area contributed by atoms with Crippen molar-refractivity contribution in [2.45, 2.75) is 25.6 Å². The van der Waals surface area contributed by atoms with Crippen LogP contribution in [0.25, 0.3) is 0 Å². The Morgan fingerprint density at radius 2 is 2.10 bits per heavy atom. The van der Waals surface area contributed by atoms with E-state index in [0.29, 0.717) is 18.0 Å². The molecule has 0 bridgehead atoms. The average Bonchev–Trinajstić information content (AvgIpc) is 2.97. The molecule has 2 unspecified atom stereocenters. The predicted octanol–water partition coefficient (Wildman–Crippen LogP) is 3.38. The zero-order valence-electron chi connectivity index (χ0n) is 11.5. The molecular weight excluding hydrogens is 281 g/mol. The summed E-state index contributed by atoms with van der Waals surface area (Å²) in [6.45, 7) is 2.13. The number of fused-ring (bicyclic) bond motifs is 1. The van der Waals surface area contributed by atoms with Crippen molar-refractivity contribution in [1.82, 2.24) is 4.90 Å². The van der Waals surface area contributed by atoms with E-state index in [1.165, 1.54) is 12.1 Å². The summed E-state index contributed by atoms with van der Waals surface area (Å²) in [6.07, 6.45) is -2.46. The molecule has 114 valence electrons. The summed E-state index contributed by atoms with van der Waals surface area (Å²) in [5, 5.41) is 12.3. The van der Waals surface area contributed by atoms with Gasteiger partial charge in [0.2, 0.25) is 0 Å². The highest BCUT2D eigenvalue weighted by molar-refractivity contribution is 5.89. The third-order valence-corrected chi connectivity index (χ3v) is 4.50. The van der Waals surface area contributed by atoms with Crippen molar-refractivity contribution in [3.63, 3.8) is 0 Å². The number of benzene rings is 1. The van der Waals surface area contributed by atoms with Crippen LogP contribution in [0.1, 0.15) is 24.0 Å². The first-order chi connectivity index (χ1) is 9.97. The van der Waals surface area contributed by atoms with Gasteiger partial charge in [-0.2, -0.15) is 13.2 Å². The van der Waals surface area contributed by atoms with Crippen LogP contribution in [0, 0.1) is 11.8 Å². The Balaban J connectivity index is 1.69. The number of likely N-dealkylation sites (tertiary alicyclic amines) is 1. The molecule has 0 amide bonds. The lowest BCUT2D eigenvalue weighted by molar-refractivity contribution is -0.137. The molecule has 0 radical (unpaired) electrons. The highest BCUT2D eigenvalue weighted by atomic mass is 19.4. The zero-order valence-corrected chi connectivity index (χ0v) is 11.5. The molecule has 1 aliphatic heterocycles. The second-order valence-electron chi connectivity index (χ2n) is 5.89. The molecule has 1 aromatic rings. The van der Waals surface area contributed by atoms with Crippen molar-refractivity contribution >= 4 is 5.71 Å². The molecule has 0 aromatic heterocycles. The molecule has 21 heavy (non-hydrogen) atoms. The predicted molar refractivity (Wildman–Crippen MR) is 72.2 cm³/mol. The van der Waals surface area contributed by atoms with Crippen LogP contribution in [-0.2, 0) is 12.7 Å². The highest BCUT2D eigenvalue weighted by Crippen LogP contribution is 2.37. The average molecular weight is 298 g/mol. The fourth-order valence-corrected chi connectivity index (χ4v) is 3.51. The van der Waals surface area contributed by atoms with Crippen LogP contribution in [0.3, 0.4) is 0 Å². The molecule has 2 atom stereocenters. The summed E-state index contributed by atoms with van der Waals surface area (Å²) in [6, 6.07) is 5.49. The van der Waals surface area contributed by atoms with Gasteiger partial charge in [0.25, 0.3) is 0 Å². The molecule has 2 aliphatic rings. The van der Waals surface area contributed by atoms with Crippen LogP contribution >= 0.6 is 0 Å². The molecule has 1 heterocycles. The van der Waals surface area contributed by atoms with Crippen molar-refractivity contribution < 1.29 is 18.4 Å². The van der Waals surface area contributed by atoms with Gasteiger partial charge in [-0.25, -0.2) is 0 Å². The van der Waals surface area contributed by atoms with E-state index in [9.17, 15) is 13.2 Å². The largest absolute Gasteiger partial charge is 0.416 e. The van der Waals surface area contributed by atoms with Gasteiger partial charge in [-0.3, -0.25) is 4.90 Å². The number of nitrogens with zero attached hydrogens (tertiary/aromatic N) is 2. The van der Waals surface area contributed by atoms with Gasteiger partial charge in [0, 0.05) is 25.6 Å². The second-order valence-corrected chi connectivity index (χ2v) is 5.89. The first-order valence-corrected chi connectivity index (χ1v) is 7.06. The monoisotopic (exact) mass is 298 g/mol. The van der Waals surface area contributed by atoms with E-state index >= 15 is 0 Å². The van der Waals surface area contributed by atoms with Gasteiger partial charge in [0.15, 0.2) is 0 Å². The number of halogens is 3. The Kier molecular flexibility index (Phi) is 3.65. The van der Waals surface area contributed by atoms with Gasteiger partial charge in [0.05, 0.1) is 11.3 Å². The normalized spacial score (nSPS) is 28.2. The molecule has 0 spiro atoms. The minimum absolute atomic E-state index is 0.265. The molecule has 1 saturated carbocycles. The van der Waals surface area contributed by atoms with Gasteiger partial charge < -0.3 is 5.21 Å². The molecule has 1 aliphatic carbocycles. The fraction of sp³-hybridized carbons (Fsp3) is 0.533. The second kappa shape index (κ2) is 5.33.